The summed E-state index contributed by atoms with van der Waals surface area (Å²) in [4.78, 5) is 32.1. The summed E-state index contributed by atoms with van der Waals surface area (Å²) in [6.07, 6.45) is 4.21. The molecule has 0 aliphatic carbocycles. The van der Waals surface area contributed by atoms with Crippen molar-refractivity contribution in [3.63, 3.8) is 0 Å². The summed E-state index contributed by atoms with van der Waals surface area (Å²) in [6.45, 7) is 1.18. The zero-order chi connectivity index (χ0) is 12.3. The summed E-state index contributed by atoms with van der Waals surface area (Å²) >= 11 is 0. The van der Waals surface area contributed by atoms with Gasteiger partial charge in [-0.05, 0) is 0 Å². The van der Waals surface area contributed by atoms with E-state index in [2.05, 4.69) is 15.3 Å². The molecule has 1 aliphatic heterocycles. The summed E-state index contributed by atoms with van der Waals surface area (Å²) in [6, 6.07) is -0.849. The number of nitrogens with one attached hydrogen (secondary N) is 1. The lowest BCUT2D eigenvalue weighted by atomic mass is 10.2. The monoisotopic (exact) mass is 236 g/mol. The van der Waals surface area contributed by atoms with Crippen molar-refractivity contribution in [1.29, 1.82) is 0 Å². The fourth-order valence-electron chi connectivity index (χ4n) is 1.72. The normalized spacial score (nSPS) is 20.0. The fraction of sp³-hybridized carbons (Fsp3) is 0.400. The molecule has 2 rings (SSSR count). The fourth-order valence-corrected chi connectivity index (χ4v) is 1.72. The van der Waals surface area contributed by atoms with E-state index in [-0.39, 0.29) is 12.2 Å². The molecule has 1 amide bonds. The minimum atomic E-state index is -1.02. The Kier molecular flexibility index (Phi) is 3.29. The van der Waals surface area contributed by atoms with Crippen LogP contribution in [0.1, 0.15) is 10.5 Å². The zero-order valence-corrected chi connectivity index (χ0v) is 9.04. The molecule has 1 unspecified atom stereocenters. The third kappa shape index (κ3) is 2.39. The van der Waals surface area contributed by atoms with Crippen molar-refractivity contribution in [2.75, 3.05) is 19.6 Å². The highest BCUT2D eigenvalue weighted by molar-refractivity contribution is 5.94. The van der Waals surface area contributed by atoms with Gasteiger partial charge in [0.05, 0.1) is 6.20 Å². The SMILES string of the molecule is O=C(O)C1CNCCN1C(=O)c1cnccn1. The highest BCUT2D eigenvalue weighted by Gasteiger charge is 2.32. The van der Waals surface area contributed by atoms with Crippen molar-refractivity contribution in [3.05, 3.63) is 24.3 Å². The number of carboxylic acids is 1. The van der Waals surface area contributed by atoms with Crippen LogP contribution in [-0.4, -0.2) is 57.5 Å². The number of nitrogens with zero attached hydrogens (tertiary/aromatic N) is 3. The molecule has 0 bridgehead atoms. The number of aliphatic carboxylic acids is 1. The zero-order valence-electron chi connectivity index (χ0n) is 9.04. The Morgan fingerprint density at radius 2 is 2.29 bits per heavy atom. The van der Waals surface area contributed by atoms with E-state index in [4.69, 9.17) is 5.11 Å². The van der Waals surface area contributed by atoms with Crippen LogP contribution in [0, 0.1) is 0 Å². The van der Waals surface area contributed by atoms with E-state index in [1.54, 1.807) is 0 Å². The second-order valence-electron chi connectivity index (χ2n) is 3.65. The van der Waals surface area contributed by atoms with Gasteiger partial charge in [0, 0.05) is 32.0 Å². The largest absolute Gasteiger partial charge is 0.480 e. The summed E-state index contributed by atoms with van der Waals surface area (Å²) in [5.74, 6) is -1.42. The first-order valence-electron chi connectivity index (χ1n) is 5.20. The molecule has 2 heterocycles. The molecule has 90 valence electrons. The van der Waals surface area contributed by atoms with Gasteiger partial charge in [0.2, 0.25) is 0 Å². The maximum Gasteiger partial charge on any atom is 0.327 e. The van der Waals surface area contributed by atoms with Gasteiger partial charge in [0.25, 0.3) is 5.91 Å². The molecule has 7 heteroatoms. The summed E-state index contributed by atoms with van der Waals surface area (Å²) in [7, 11) is 0. The summed E-state index contributed by atoms with van der Waals surface area (Å²) in [5, 5.41) is 12.0. The predicted octanol–water partition coefficient (Wildman–Crippen LogP) is -1.02. The van der Waals surface area contributed by atoms with Crippen LogP contribution in [0.15, 0.2) is 18.6 Å². The van der Waals surface area contributed by atoms with Crippen LogP contribution < -0.4 is 5.32 Å². The molecule has 1 atom stereocenters. The quantitative estimate of drug-likeness (QED) is 0.682. The van der Waals surface area contributed by atoms with Gasteiger partial charge in [0.15, 0.2) is 0 Å². The van der Waals surface area contributed by atoms with Crippen molar-refractivity contribution in [2.45, 2.75) is 6.04 Å². The first-order valence-corrected chi connectivity index (χ1v) is 5.20. The van der Waals surface area contributed by atoms with Crippen molar-refractivity contribution in [2.24, 2.45) is 0 Å². The van der Waals surface area contributed by atoms with Crippen LogP contribution >= 0.6 is 0 Å². The second kappa shape index (κ2) is 4.88. The molecule has 0 radical (unpaired) electrons. The Morgan fingerprint density at radius 1 is 1.47 bits per heavy atom. The van der Waals surface area contributed by atoms with Gasteiger partial charge < -0.3 is 15.3 Å². The third-order valence-electron chi connectivity index (χ3n) is 2.57. The highest BCUT2D eigenvalue weighted by Crippen LogP contribution is 2.08. The Labute approximate surface area is 97.5 Å². The van der Waals surface area contributed by atoms with Gasteiger partial charge in [-0.3, -0.25) is 9.78 Å². The molecule has 0 spiro atoms. The molecular weight excluding hydrogens is 224 g/mol. The predicted molar refractivity (Wildman–Crippen MR) is 57.4 cm³/mol. The van der Waals surface area contributed by atoms with Gasteiger partial charge in [-0.15, -0.1) is 0 Å². The number of rotatable bonds is 2. The van der Waals surface area contributed by atoms with Gasteiger partial charge in [-0.25, -0.2) is 9.78 Å². The van der Waals surface area contributed by atoms with E-state index >= 15 is 0 Å². The molecule has 17 heavy (non-hydrogen) atoms. The Morgan fingerprint density at radius 3 is 2.94 bits per heavy atom. The Bertz CT molecular complexity index is 423. The van der Waals surface area contributed by atoms with E-state index in [1.165, 1.54) is 23.5 Å². The molecular formula is C10H12N4O3. The lowest BCUT2D eigenvalue weighted by molar-refractivity contribution is -0.142. The average molecular weight is 236 g/mol. The standard InChI is InChI=1S/C10H12N4O3/c15-9(7-5-11-1-2-13-7)14-4-3-12-6-8(14)10(16)17/h1-2,5,8,12H,3-4,6H2,(H,16,17). The topological polar surface area (TPSA) is 95.4 Å². The number of carboxylic acid groups (broad SMARTS) is 1. The molecule has 0 aromatic carbocycles. The van der Waals surface area contributed by atoms with Crippen LogP contribution in [0.2, 0.25) is 0 Å². The number of piperazine rings is 1. The molecule has 7 nitrogen and oxygen atoms in total. The van der Waals surface area contributed by atoms with Crippen LogP contribution in [0.4, 0.5) is 0 Å². The number of aromatic nitrogens is 2. The van der Waals surface area contributed by atoms with E-state index in [9.17, 15) is 9.59 Å². The number of carbonyl (C=O) groups excluding carboxylic acids is 1. The van der Waals surface area contributed by atoms with Crippen LogP contribution in [0.3, 0.4) is 0 Å². The van der Waals surface area contributed by atoms with E-state index in [0.717, 1.165) is 0 Å². The maximum atomic E-state index is 12.0. The lowest BCUT2D eigenvalue weighted by Gasteiger charge is -2.33. The molecule has 1 fully saturated rings. The van der Waals surface area contributed by atoms with Crippen LogP contribution in [-0.2, 0) is 4.79 Å². The third-order valence-corrected chi connectivity index (χ3v) is 2.57. The van der Waals surface area contributed by atoms with Crippen molar-refractivity contribution >= 4 is 11.9 Å². The average Bonchev–Trinajstić information content (AvgIpc) is 2.39. The van der Waals surface area contributed by atoms with Gasteiger partial charge >= 0.3 is 5.97 Å². The van der Waals surface area contributed by atoms with Gasteiger partial charge in [-0.1, -0.05) is 0 Å². The van der Waals surface area contributed by atoms with Crippen molar-refractivity contribution < 1.29 is 14.7 Å². The minimum absolute atomic E-state index is 0.167. The molecule has 1 aromatic heterocycles. The smallest absolute Gasteiger partial charge is 0.327 e. The van der Waals surface area contributed by atoms with Crippen molar-refractivity contribution in [1.82, 2.24) is 20.2 Å². The van der Waals surface area contributed by atoms with Gasteiger partial charge in [0.1, 0.15) is 11.7 Å². The summed E-state index contributed by atoms with van der Waals surface area (Å²) in [5.41, 5.74) is 0.167. The highest BCUT2D eigenvalue weighted by atomic mass is 16.4. The lowest BCUT2D eigenvalue weighted by Crippen LogP contribution is -2.57. The Balaban J connectivity index is 2.20. The number of hydrogen-bond donors (Lipinski definition) is 2. The minimum Gasteiger partial charge on any atom is -0.480 e. The molecule has 1 aromatic rings. The maximum absolute atomic E-state index is 12.0. The van der Waals surface area contributed by atoms with Crippen LogP contribution in [0.5, 0.6) is 0 Å². The van der Waals surface area contributed by atoms with Crippen LogP contribution in [0.25, 0.3) is 0 Å². The first kappa shape index (κ1) is 11.5. The molecule has 0 saturated carbocycles. The second-order valence-corrected chi connectivity index (χ2v) is 3.65. The summed E-state index contributed by atoms with van der Waals surface area (Å²) < 4.78 is 0. The molecule has 1 aliphatic rings. The molecule has 2 N–H and O–H groups in total. The molecule has 1 saturated heterocycles. The van der Waals surface area contributed by atoms with Crippen molar-refractivity contribution in [3.8, 4) is 0 Å². The first-order chi connectivity index (χ1) is 8.20. The number of hydrogen-bond acceptors (Lipinski definition) is 5. The number of carbonyl (C=O) groups is 2. The van der Waals surface area contributed by atoms with E-state index in [0.29, 0.717) is 13.1 Å². The Hall–Kier alpha value is -2.02. The van der Waals surface area contributed by atoms with Gasteiger partial charge in [-0.2, -0.15) is 0 Å². The number of amides is 1. The van der Waals surface area contributed by atoms with E-state index < -0.39 is 17.9 Å². The van der Waals surface area contributed by atoms with E-state index in [1.807, 2.05) is 0 Å².